The molecule has 0 saturated carbocycles. The van der Waals surface area contributed by atoms with E-state index in [2.05, 4.69) is 17.3 Å². The Hall–Kier alpha value is -0.120. The van der Waals surface area contributed by atoms with E-state index < -0.39 is 0 Å². The summed E-state index contributed by atoms with van der Waals surface area (Å²) in [5.41, 5.74) is 3.49. The Bertz CT molecular complexity index is 59.0. The first kappa shape index (κ1) is 8.88. The molecule has 0 aromatic carbocycles. The van der Waals surface area contributed by atoms with Crippen LogP contribution in [0, 0.1) is 6.92 Å². The van der Waals surface area contributed by atoms with Gasteiger partial charge >= 0.3 is 0 Å². The van der Waals surface area contributed by atoms with E-state index in [1.54, 1.807) is 7.05 Å². The molecule has 0 fully saturated rings. The van der Waals surface area contributed by atoms with E-state index in [0.717, 1.165) is 13.1 Å². The monoisotopic (exact) mass is 130 g/mol. The molecule has 0 atom stereocenters. The smallest absolute Gasteiger partial charge is 0.0829 e. The van der Waals surface area contributed by atoms with Crippen molar-refractivity contribution in [2.75, 3.05) is 33.8 Å². The van der Waals surface area contributed by atoms with Crippen molar-refractivity contribution in [3.63, 3.8) is 0 Å². The minimum absolute atomic E-state index is 0.655. The maximum atomic E-state index is 4.76. The number of hydrogen-bond acceptors (Lipinski definition) is 2. The average molecular weight is 130 g/mol. The van der Waals surface area contributed by atoms with Gasteiger partial charge in [-0.2, -0.15) is 0 Å². The van der Waals surface area contributed by atoms with Crippen LogP contribution >= 0.6 is 0 Å². The standard InChI is InChI=1S/C6H14N2O/c1-4-8(3)5-6-9-7-2/h1,4-6H2,2-3H3. The topological polar surface area (TPSA) is 26.6 Å². The van der Waals surface area contributed by atoms with Gasteiger partial charge in [0.1, 0.15) is 0 Å². The van der Waals surface area contributed by atoms with E-state index >= 15 is 0 Å². The fraction of sp³-hybridized carbons (Fsp3) is 0.833. The fourth-order valence-electron chi connectivity index (χ4n) is 0.400. The van der Waals surface area contributed by atoms with E-state index in [1.165, 1.54) is 0 Å². The Labute approximate surface area is 56.9 Å². The van der Waals surface area contributed by atoms with Crippen LogP contribution in [0.1, 0.15) is 0 Å². The van der Waals surface area contributed by atoms with Gasteiger partial charge in [-0.15, -0.1) is 5.48 Å². The Morgan fingerprint density at radius 3 is 2.78 bits per heavy atom. The molecule has 0 amide bonds. The maximum Gasteiger partial charge on any atom is 0.0829 e. The molecular formula is C6H14N2O. The number of rotatable bonds is 5. The normalized spacial score (nSPS) is 10.7. The molecule has 3 heteroatoms. The molecule has 0 unspecified atom stereocenters. The zero-order chi connectivity index (χ0) is 7.11. The lowest BCUT2D eigenvalue weighted by Gasteiger charge is -2.11. The largest absolute Gasteiger partial charge is 0.304 e. The summed E-state index contributed by atoms with van der Waals surface area (Å²) in [6.07, 6.45) is 0. The van der Waals surface area contributed by atoms with Gasteiger partial charge in [-0.3, -0.25) is 4.84 Å². The average Bonchev–Trinajstić information content (AvgIpc) is 1.89. The maximum absolute atomic E-state index is 4.76. The number of hydrogen-bond donors (Lipinski definition) is 0. The summed E-state index contributed by atoms with van der Waals surface area (Å²) in [5, 5.41) is 0. The lowest BCUT2D eigenvalue weighted by Crippen LogP contribution is -2.23. The highest BCUT2D eigenvalue weighted by Gasteiger charge is 1.91. The van der Waals surface area contributed by atoms with Crippen molar-refractivity contribution in [3.8, 4) is 0 Å². The molecule has 0 saturated heterocycles. The van der Waals surface area contributed by atoms with Gasteiger partial charge in [-0.05, 0) is 20.5 Å². The van der Waals surface area contributed by atoms with Crippen molar-refractivity contribution in [2.24, 2.45) is 0 Å². The molecule has 0 aliphatic heterocycles. The van der Waals surface area contributed by atoms with Gasteiger partial charge in [0.15, 0.2) is 0 Å². The van der Waals surface area contributed by atoms with Crippen LogP contribution in [-0.4, -0.2) is 38.7 Å². The lowest BCUT2D eigenvalue weighted by molar-refractivity contribution is 0.0389. The minimum Gasteiger partial charge on any atom is -0.304 e. The van der Waals surface area contributed by atoms with Gasteiger partial charge in [0.2, 0.25) is 0 Å². The van der Waals surface area contributed by atoms with Gasteiger partial charge in [-0.25, -0.2) is 0 Å². The zero-order valence-corrected chi connectivity index (χ0v) is 6.13. The van der Waals surface area contributed by atoms with Crippen LogP contribution in [0.4, 0.5) is 0 Å². The fourth-order valence-corrected chi connectivity index (χ4v) is 0.400. The van der Waals surface area contributed by atoms with E-state index in [-0.39, 0.29) is 0 Å². The highest BCUT2D eigenvalue weighted by atomic mass is 16.6. The first-order chi connectivity index (χ1) is 4.31. The second-order valence-electron chi connectivity index (χ2n) is 1.82. The van der Waals surface area contributed by atoms with E-state index in [4.69, 9.17) is 4.84 Å². The molecule has 0 bridgehead atoms. The number of likely N-dealkylation sites (N-methyl/N-ethyl adjacent to an activating group) is 1. The predicted molar refractivity (Wildman–Crippen MR) is 36.9 cm³/mol. The number of hydroxylamine groups is 1. The SMILES string of the molecule is [CH2]CN(C)CCO[N]C. The molecule has 3 nitrogen and oxygen atoms in total. The molecule has 0 aliphatic rings. The second-order valence-corrected chi connectivity index (χ2v) is 1.82. The van der Waals surface area contributed by atoms with Crippen LogP contribution < -0.4 is 5.48 Å². The molecule has 0 aromatic rings. The van der Waals surface area contributed by atoms with E-state index in [9.17, 15) is 0 Å². The highest BCUT2D eigenvalue weighted by molar-refractivity contribution is 4.49. The van der Waals surface area contributed by atoms with Crippen LogP contribution in [-0.2, 0) is 4.84 Å². The number of nitrogens with zero attached hydrogens (tertiary/aromatic N) is 2. The van der Waals surface area contributed by atoms with E-state index in [0.29, 0.717) is 6.61 Å². The van der Waals surface area contributed by atoms with Gasteiger partial charge in [0.05, 0.1) is 6.61 Å². The van der Waals surface area contributed by atoms with Crippen LogP contribution in [0.5, 0.6) is 0 Å². The molecule has 0 N–H and O–H groups in total. The van der Waals surface area contributed by atoms with Gasteiger partial charge in [-0.1, -0.05) is 0 Å². The zero-order valence-electron chi connectivity index (χ0n) is 6.13. The summed E-state index contributed by atoms with van der Waals surface area (Å²) in [6.45, 7) is 6.06. The first-order valence-corrected chi connectivity index (χ1v) is 3.00. The first-order valence-electron chi connectivity index (χ1n) is 3.00. The second kappa shape index (κ2) is 6.01. The van der Waals surface area contributed by atoms with Crippen molar-refractivity contribution in [2.45, 2.75) is 0 Å². The molecule has 0 heterocycles. The Morgan fingerprint density at radius 1 is 1.67 bits per heavy atom. The molecule has 54 valence electrons. The van der Waals surface area contributed by atoms with Crippen molar-refractivity contribution >= 4 is 0 Å². The predicted octanol–water partition coefficient (Wildman–Crippen LogP) is -0.0819. The molecule has 9 heavy (non-hydrogen) atoms. The summed E-state index contributed by atoms with van der Waals surface area (Å²) >= 11 is 0. The van der Waals surface area contributed by atoms with E-state index in [1.807, 2.05) is 7.05 Å². The van der Waals surface area contributed by atoms with Crippen molar-refractivity contribution < 1.29 is 4.84 Å². The summed E-state index contributed by atoms with van der Waals surface area (Å²) in [7, 11) is 3.62. The minimum atomic E-state index is 0.655. The summed E-state index contributed by atoms with van der Waals surface area (Å²) in [6, 6.07) is 0. The van der Waals surface area contributed by atoms with Crippen LogP contribution in [0.3, 0.4) is 0 Å². The van der Waals surface area contributed by atoms with Gasteiger partial charge < -0.3 is 4.90 Å². The third-order valence-corrected chi connectivity index (χ3v) is 1.08. The Morgan fingerprint density at radius 2 is 2.33 bits per heavy atom. The van der Waals surface area contributed by atoms with Crippen LogP contribution in [0.15, 0.2) is 0 Å². The highest BCUT2D eigenvalue weighted by Crippen LogP contribution is 1.78. The summed E-state index contributed by atoms with van der Waals surface area (Å²) < 4.78 is 0. The third kappa shape index (κ3) is 5.76. The van der Waals surface area contributed by atoms with Crippen molar-refractivity contribution in [1.29, 1.82) is 0 Å². The van der Waals surface area contributed by atoms with Crippen molar-refractivity contribution in [1.82, 2.24) is 10.4 Å². The Kier molecular flexibility index (Phi) is 5.93. The van der Waals surface area contributed by atoms with Crippen LogP contribution in [0.2, 0.25) is 0 Å². The van der Waals surface area contributed by atoms with Gasteiger partial charge in [0.25, 0.3) is 0 Å². The molecule has 0 aliphatic carbocycles. The summed E-state index contributed by atoms with van der Waals surface area (Å²) in [4.78, 5) is 6.82. The molecule has 0 aromatic heterocycles. The molecule has 0 rings (SSSR count). The molecule has 0 spiro atoms. The Balaban J connectivity index is 2.88. The lowest BCUT2D eigenvalue weighted by atomic mass is 10.5. The quantitative estimate of drug-likeness (QED) is 0.384. The molecular weight excluding hydrogens is 116 g/mol. The van der Waals surface area contributed by atoms with Gasteiger partial charge in [0, 0.05) is 13.6 Å². The van der Waals surface area contributed by atoms with Crippen LogP contribution in [0.25, 0.3) is 0 Å². The molecule has 2 radical (unpaired) electrons. The van der Waals surface area contributed by atoms with Crippen molar-refractivity contribution in [3.05, 3.63) is 6.92 Å². The third-order valence-electron chi connectivity index (χ3n) is 1.08. The summed E-state index contributed by atoms with van der Waals surface area (Å²) in [5.74, 6) is 0.